The number of hydrogen-bond donors (Lipinski definition) is 2. The topological polar surface area (TPSA) is 98.9 Å². The van der Waals surface area contributed by atoms with Gasteiger partial charge < -0.3 is 20.3 Å². The van der Waals surface area contributed by atoms with Gasteiger partial charge in [-0.05, 0) is 24.1 Å². The summed E-state index contributed by atoms with van der Waals surface area (Å²) in [4.78, 5) is 0. The molecule has 2 atom stereocenters. The van der Waals surface area contributed by atoms with Crippen molar-refractivity contribution in [1.29, 1.82) is 0 Å². The Kier molecular flexibility index (Phi) is 4.46. The quantitative estimate of drug-likeness (QED) is 0.821. The van der Waals surface area contributed by atoms with Crippen molar-refractivity contribution in [2.24, 2.45) is 11.1 Å². The lowest BCUT2D eigenvalue weighted by Gasteiger charge is -2.32. The predicted octanol–water partition coefficient (Wildman–Crippen LogP) is 0.501. The summed E-state index contributed by atoms with van der Waals surface area (Å²) < 4.78 is 33.9. The molecule has 0 amide bonds. The molecule has 0 bridgehead atoms. The number of hydrogen-bond acceptors (Lipinski definition) is 6. The monoisotopic (exact) mass is 315 g/mol. The van der Waals surface area contributed by atoms with Crippen molar-refractivity contribution < 1.29 is 23.0 Å². The van der Waals surface area contributed by atoms with Crippen LogP contribution in [0.5, 0.6) is 11.5 Å². The lowest BCUT2D eigenvalue weighted by molar-refractivity contribution is 0.0470. The van der Waals surface area contributed by atoms with E-state index in [-0.39, 0.29) is 18.1 Å². The van der Waals surface area contributed by atoms with E-state index in [0.717, 1.165) is 0 Å². The van der Waals surface area contributed by atoms with Gasteiger partial charge in [0.2, 0.25) is 0 Å². The minimum atomic E-state index is -3.14. The molecular weight excluding hydrogens is 294 g/mol. The number of aliphatic hydroxyl groups excluding tert-OH is 1. The Labute approximate surface area is 124 Å². The zero-order valence-corrected chi connectivity index (χ0v) is 13.0. The second-order valence-corrected chi connectivity index (χ2v) is 7.61. The van der Waals surface area contributed by atoms with Crippen LogP contribution >= 0.6 is 0 Å². The number of ether oxygens (including phenoxy) is 2. The van der Waals surface area contributed by atoms with E-state index >= 15 is 0 Å². The van der Waals surface area contributed by atoms with Gasteiger partial charge in [0.25, 0.3) is 0 Å². The van der Waals surface area contributed by atoms with E-state index in [1.54, 1.807) is 18.2 Å². The molecule has 2 rings (SSSR count). The standard InChI is InChI=1S/C14H21NO5S/c1-19-11-4-3-10(7-12(11)20-2)13(16)14(8-15)5-6-21(17,18)9-14/h3-4,7,13,16H,5-6,8-9,15H2,1-2H3. The van der Waals surface area contributed by atoms with Crippen LogP contribution in [-0.2, 0) is 9.84 Å². The lowest BCUT2D eigenvalue weighted by Crippen LogP contribution is -2.38. The van der Waals surface area contributed by atoms with Gasteiger partial charge >= 0.3 is 0 Å². The highest BCUT2D eigenvalue weighted by atomic mass is 32.2. The summed E-state index contributed by atoms with van der Waals surface area (Å²) in [5.74, 6) is 1.01. The molecule has 1 saturated heterocycles. The normalized spacial score (nSPS) is 25.5. The fourth-order valence-electron chi connectivity index (χ4n) is 2.81. The Hall–Kier alpha value is -1.31. The van der Waals surface area contributed by atoms with E-state index in [0.29, 0.717) is 23.5 Å². The van der Waals surface area contributed by atoms with Crippen LogP contribution in [0.15, 0.2) is 18.2 Å². The Morgan fingerprint density at radius 2 is 2.00 bits per heavy atom. The highest BCUT2D eigenvalue weighted by Gasteiger charge is 2.47. The highest BCUT2D eigenvalue weighted by molar-refractivity contribution is 7.91. The highest BCUT2D eigenvalue weighted by Crippen LogP contribution is 2.44. The van der Waals surface area contributed by atoms with Crippen molar-refractivity contribution >= 4 is 9.84 Å². The zero-order chi connectivity index (χ0) is 15.7. The van der Waals surface area contributed by atoms with E-state index in [4.69, 9.17) is 15.2 Å². The summed E-state index contributed by atoms with van der Waals surface area (Å²) in [5, 5.41) is 10.6. The number of methoxy groups -OCH3 is 2. The van der Waals surface area contributed by atoms with Crippen molar-refractivity contribution in [3.8, 4) is 11.5 Å². The van der Waals surface area contributed by atoms with Gasteiger partial charge in [-0.2, -0.15) is 0 Å². The van der Waals surface area contributed by atoms with Crippen LogP contribution in [0, 0.1) is 5.41 Å². The third-order valence-corrected chi connectivity index (χ3v) is 5.97. The van der Waals surface area contributed by atoms with Crippen LogP contribution < -0.4 is 15.2 Å². The number of sulfone groups is 1. The molecule has 0 aliphatic carbocycles. The maximum atomic E-state index is 11.8. The molecule has 0 aromatic heterocycles. The fraction of sp³-hybridized carbons (Fsp3) is 0.571. The van der Waals surface area contributed by atoms with Gasteiger partial charge in [-0.15, -0.1) is 0 Å². The van der Waals surface area contributed by atoms with Crippen LogP contribution in [0.4, 0.5) is 0 Å². The molecule has 118 valence electrons. The van der Waals surface area contributed by atoms with Gasteiger partial charge in [0.05, 0.1) is 31.8 Å². The van der Waals surface area contributed by atoms with Crippen molar-refractivity contribution in [2.75, 3.05) is 32.3 Å². The van der Waals surface area contributed by atoms with Gasteiger partial charge in [0.15, 0.2) is 21.3 Å². The van der Waals surface area contributed by atoms with Crippen molar-refractivity contribution in [1.82, 2.24) is 0 Å². The summed E-state index contributed by atoms with van der Waals surface area (Å²) in [5.41, 5.74) is 5.52. The van der Waals surface area contributed by atoms with E-state index in [2.05, 4.69) is 0 Å². The number of aliphatic hydroxyl groups is 1. The Morgan fingerprint density at radius 3 is 2.48 bits per heavy atom. The van der Waals surface area contributed by atoms with Gasteiger partial charge in [-0.3, -0.25) is 0 Å². The summed E-state index contributed by atoms with van der Waals surface area (Å²) in [6.45, 7) is 0.113. The third kappa shape index (κ3) is 3.00. The molecule has 0 radical (unpaired) electrons. The molecule has 1 aliphatic rings. The minimum Gasteiger partial charge on any atom is -0.493 e. The molecule has 2 unspecified atom stereocenters. The maximum absolute atomic E-state index is 11.8. The fourth-order valence-corrected chi connectivity index (χ4v) is 4.96. The first-order valence-corrected chi connectivity index (χ1v) is 8.50. The molecule has 21 heavy (non-hydrogen) atoms. The minimum absolute atomic E-state index is 0.0640. The van der Waals surface area contributed by atoms with Crippen molar-refractivity contribution in [3.05, 3.63) is 23.8 Å². The summed E-state index contributed by atoms with van der Waals surface area (Å²) >= 11 is 0. The molecule has 1 aromatic carbocycles. The van der Waals surface area contributed by atoms with E-state index in [9.17, 15) is 13.5 Å². The average molecular weight is 315 g/mol. The molecule has 3 N–H and O–H groups in total. The summed E-state index contributed by atoms with van der Waals surface area (Å²) in [7, 11) is -0.110. The number of rotatable bonds is 5. The molecule has 0 spiro atoms. The van der Waals surface area contributed by atoms with Crippen LogP contribution in [0.3, 0.4) is 0 Å². The SMILES string of the molecule is COc1ccc(C(O)C2(CN)CCS(=O)(=O)C2)cc1OC. The Bertz CT molecular complexity index is 616. The van der Waals surface area contributed by atoms with Crippen LogP contribution in [0.2, 0.25) is 0 Å². The third-order valence-electron chi connectivity index (χ3n) is 4.13. The molecule has 1 fully saturated rings. The number of benzene rings is 1. The van der Waals surface area contributed by atoms with Crippen molar-refractivity contribution in [2.45, 2.75) is 12.5 Å². The molecule has 7 heteroatoms. The Balaban J connectivity index is 2.37. The molecule has 1 heterocycles. The molecule has 1 aromatic rings. The first kappa shape index (κ1) is 16.1. The first-order valence-electron chi connectivity index (χ1n) is 6.68. The predicted molar refractivity (Wildman–Crippen MR) is 79.3 cm³/mol. The van der Waals surface area contributed by atoms with Gasteiger partial charge in [0, 0.05) is 12.0 Å². The number of nitrogens with two attached hydrogens (primary N) is 1. The van der Waals surface area contributed by atoms with Crippen LogP contribution in [0.25, 0.3) is 0 Å². The van der Waals surface area contributed by atoms with E-state index < -0.39 is 21.4 Å². The molecule has 1 aliphatic heterocycles. The average Bonchev–Trinajstić information content (AvgIpc) is 2.82. The second kappa shape index (κ2) is 5.82. The summed E-state index contributed by atoms with van der Waals surface area (Å²) in [6, 6.07) is 5.05. The molecule has 6 nitrogen and oxygen atoms in total. The van der Waals surface area contributed by atoms with Gasteiger partial charge in [-0.1, -0.05) is 6.07 Å². The maximum Gasteiger partial charge on any atom is 0.161 e. The van der Waals surface area contributed by atoms with E-state index in [1.165, 1.54) is 14.2 Å². The Morgan fingerprint density at radius 1 is 1.33 bits per heavy atom. The second-order valence-electron chi connectivity index (χ2n) is 5.43. The van der Waals surface area contributed by atoms with Crippen LogP contribution in [0.1, 0.15) is 18.1 Å². The lowest BCUT2D eigenvalue weighted by atomic mass is 9.78. The van der Waals surface area contributed by atoms with E-state index in [1.807, 2.05) is 0 Å². The largest absolute Gasteiger partial charge is 0.493 e. The molecule has 0 saturated carbocycles. The zero-order valence-electron chi connectivity index (χ0n) is 12.2. The first-order chi connectivity index (χ1) is 9.87. The molecular formula is C14H21NO5S. The smallest absolute Gasteiger partial charge is 0.161 e. The van der Waals surface area contributed by atoms with Crippen LogP contribution in [-0.4, -0.2) is 45.8 Å². The van der Waals surface area contributed by atoms with Gasteiger partial charge in [-0.25, -0.2) is 8.42 Å². The van der Waals surface area contributed by atoms with Gasteiger partial charge in [0.1, 0.15) is 0 Å². The van der Waals surface area contributed by atoms with Crippen molar-refractivity contribution in [3.63, 3.8) is 0 Å². The summed E-state index contributed by atoms with van der Waals surface area (Å²) in [6.07, 6.45) is -0.596.